The van der Waals surface area contributed by atoms with Crippen molar-refractivity contribution >= 4 is 28.2 Å². The van der Waals surface area contributed by atoms with Gasteiger partial charge in [-0.3, -0.25) is 9.08 Å². The monoisotopic (exact) mass is 646 g/mol. The van der Waals surface area contributed by atoms with Crippen LogP contribution in [0.25, 0.3) is 28.0 Å². The van der Waals surface area contributed by atoms with Crippen LogP contribution in [0.1, 0.15) is 16.7 Å². The van der Waals surface area contributed by atoms with Crippen LogP contribution < -0.4 is 0 Å². The molecule has 6 heteroatoms. The van der Waals surface area contributed by atoms with E-state index in [0.29, 0.717) is 0 Å². The second-order valence-electron chi connectivity index (χ2n) is 9.88. The van der Waals surface area contributed by atoms with Crippen molar-refractivity contribution in [2.24, 2.45) is 0 Å². The Labute approximate surface area is 250 Å². The van der Waals surface area contributed by atoms with Gasteiger partial charge in [0.25, 0.3) is 0 Å². The topological polar surface area (TPSA) is 35.1 Å². The van der Waals surface area contributed by atoms with E-state index in [9.17, 15) is 4.39 Å². The number of fused-ring (bicyclic) bond motifs is 1. The van der Waals surface area contributed by atoms with E-state index in [4.69, 9.17) is 5.10 Å². The van der Waals surface area contributed by atoms with Gasteiger partial charge in [-0.1, -0.05) is 91.0 Å². The Morgan fingerprint density at radius 3 is 1.71 bits per heavy atom. The number of pyridine rings is 1. The van der Waals surface area contributed by atoms with Crippen LogP contribution in [0.3, 0.4) is 0 Å². The summed E-state index contributed by atoms with van der Waals surface area (Å²) in [5, 5.41) is 5.35. The first kappa shape index (κ1) is 25.4. The second-order valence-corrected chi connectivity index (χ2v) is 11.0. The van der Waals surface area contributed by atoms with Crippen LogP contribution in [0.2, 0.25) is 0 Å². The molecule has 0 unspecified atom stereocenters. The standard InChI is InChI=1S/C35H24FIN4/c36-30-19-16-25(17-20-30)34-31(26-18-21-33-38-22-32(37)40(33)23-26)24-41(39-34)35(27-10-4-1-5-11-27,28-12-6-2-7-13-28)29-14-8-3-9-15-29/h1-24H. The molecule has 3 heterocycles. The van der Waals surface area contributed by atoms with Gasteiger partial charge < -0.3 is 0 Å². The molecule has 0 atom stereocenters. The molecule has 4 nitrogen and oxygen atoms in total. The van der Waals surface area contributed by atoms with Gasteiger partial charge in [0.05, 0.1) is 6.20 Å². The third kappa shape index (κ3) is 4.35. The fourth-order valence-electron chi connectivity index (χ4n) is 5.62. The zero-order valence-electron chi connectivity index (χ0n) is 21.9. The molecule has 0 aliphatic rings. The third-order valence-electron chi connectivity index (χ3n) is 7.52. The number of halogens is 2. The minimum Gasteiger partial charge on any atom is -0.294 e. The van der Waals surface area contributed by atoms with Crippen molar-refractivity contribution in [1.29, 1.82) is 0 Å². The molecule has 0 radical (unpaired) electrons. The van der Waals surface area contributed by atoms with Crippen molar-refractivity contribution in [3.8, 4) is 22.4 Å². The first-order valence-electron chi connectivity index (χ1n) is 13.3. The molecule has 0 aliphatic heterocycles. The van der Waals surface area contributed by atoms with E-state index in [-0.39, 0.29) is 5.82 Å². The highest BCUT2D eigenvalue weighted by atomic mass is 127. The Hall–Kier alpha value is -4.56. The van der Waals surface area contributed by atoms with Gasteiger partial charge in [-0.05, 0) is 75.7 Å². The molecule has 0 saturated heterocycles. The lowest BCUT2D eigenvalue weighted by molar-refractivity contribution is 0.461. The Morgan fingerprint density at radius 2 is 1.15 bits per heavy atom. The van der Waals surface area contributed by atoms with E-state index >= 15 is 0 Å². The summed E-state index contributed by atoms with van der Waals surface area (Å²) in [5.41, 5.74) is 6.88. The highest BCUT2D eigenvalue weighted by Gasteiger charge is 2.40. The van der Waals surface area contributed by atoms with Crippen LogP contribution in [-0.4, -0.2) is 19.2 Å². The molecule has 41 heavy (non-hydrogen) atoms. The van der Waals surface area contributed by atoms with Gasteiger partial charge in [0.2, 0.25) is 0 Å². The van der Waals surface area contributed by atoms with Crippen molar-refractivity contribution in [3.63, 3.8) is 0 Å². The first-order chi connectivity index (χ1) is 20.1. The Morgan fingerprint density at radius 1 is 0.610 bits per heavy atom. The van der Waals surface area contributed by atoms with Gasteiger partial charge >= 0.3 is 0 Å². The van der Waals surface area contributed by atoms with E-state index in [2.05, 4.69) is 128 Å². The van der Waals surface area contributed by atoms with Crippen molar-refractivity contribution < 1.29 is 4.39 Å². The zero-order valence-corrected chi connectivity index (χ0v) is 24.1. The number of benzene rings is 4. The van der Waals surface area contributed by atoms with Crippen LogP contribution in [0, 0.1) is 9.52 Å². The van der Waals surface area contributed by atoms with E-state index in [1.54, 1.807) is 12.1 Å². The number of imidazole rings is 1. The SMILES string of the molecule is Fc1ccc(-c2nn(C(c3ccccc3)(c3ccccc3)c3ccccc3)cc2-c2ccc3ncc(I)n3c2)cc1. The van der Waals surface area contributed by atoms with Crippen LogP contribution in [-0.2, 0) is 5.54 Å². The summed E-state index contributed by atoms with van der Waals surface area (Å²) in [6.45, 7) is 0. The second kappa shape index (κ2) is 10.4. The van der Waals surface area contributed by atoms with Crippen molar-refractivity contribution in [3.05, 3.63) is 172 Å². The van der Waals surface area contributed by atoms with Gasteiger partial charge in [-0.15, -0.1) is 0 Å². The maximum atomic E-state index is 14.0. The lowest BCUT2D eigenvalue weighted by Crippen LogP contribution is -2.38. The molecular weight excluding hydrogens is 622 g/mol. The molecule has 0 spiro atoms. The van der Waals surface area contributed by atoms with E-state index < -0.39 is 5.54 Å². The Balaban J connectivity index is 1.58. The summed E-state index contributed by atoms with van der Waals surface area (Å²) in [6.07, 6.45) is 6.07. The normalized spacial score (nSPS) is 11.7. The van der Waals surface area contributed by atoms with Crippen molar-refractivity contribution in [2.75, 3.05) is 0 Å². The maximum absolute atomic E-state index is 14.0. The Kier molecular flexibility index (Phi) is 6.47. The molecule has 7 aromatic rings. The fraction of sp³-hybridized carbons (Fsp3) is 0.0286. The number of aromatic nitrogens is 4. The molecule has 0 bridgehead atoms. The molecule has 0 saturated carbocycles. The number of hydrogen-bond acceptors (Lipinski definition) is 2. The summed E-state index contributed by atoms with van der Waals surface area (Å²) >= 11 is 2.29. The molecule has 198 valence electrons. The minimum absolute atomic E-state index is 0.281. The van der Waals surface area contributed by atoms with E-state index in [0.717, 1.165) is 48.4 Å². The molecule has 7 rings (SSSR count). The maximum Gasteiger partial charge on any atom is 0.138 e. The number of nitrogens with zero attached hydrogens (tertiary/aromatic N) is 4. The molecule has 0 aliphatic carbocycles. The van der Waals surface area contributed by atoms with Gasteiger partial charge in [0.15, 0.2) is 0 Å². The predicted octanol–water partition coefficient (Wildman–Crippen LogP) is 8.45. The molecule has 0 fully saturated rings. The van der Waals surface area contributed by atoms with Crippen LogP contribution in [0.15, 0.2) is 146 Å². The van der Waals surface area contributed by atoms with Crippen molar-refractivity contribution in [2.45, 2.75) is 5.54 Å². The fourth-order valence-corrected chi connectivity index (χ4v) is 6.15. The summed E-state index contributed by atoms with van der Waals surface area (Å²) < 4.78 is 19.2. The lowest BCUT2D eigenvalue weighted by Gasteiger charge is -2.36. The van der Waals surface area contributed by atoms with Crippen LogP contribution >= 0.6 is 22.6 Å². The number of hydrogen-bond donors (Lipinski definition) is 0. The summed E-state index contributed by atoms with van der Waals surface area (Å²) in [7, 11) is 0. The molecular formula is C35H24FIN4. The van der Waals surface area contributed by atoms with E-state index in [1.807, 2.05) is 30.5 Å². The summed E-state index contributed by atoms with van der Waals surface area (Å²) in [6, 6.07) is 42.0. The quantitative estimate of drug-likeness (QED) is 0.134. The Bertz CT molecular complexity index is 1850. The summed E-state index contributed by atoms with van der Waals surface area (Å²) in [4.78, 5) is 4.50. The molecule has 0 amide bonds. The predicted molar refractivity (Wildman–Crippen MR) is 169 cm³/mol. The largest absolute Gasteiger partial charge is 0.294 e. The highest BCUT2D eigenvalue weighted by molar-refractivity contribution is 14.1. The zero-order chi connectivity index (χ0) is 27.8. The average Bonchev–Trinajstić information content (AvgIpc) is 3.64. The lowest BCUT2D eigenvalue weighted by atomic mass is 9.77. The average molecular weight is 647 g/mol. The minimum atomic E-state index is -0.773. The molecule has 4 aromatic carbocycles. The smallest absolute Gasteiger partial charge is 0.138 e. The van der Waals surface area contributed by atoms with Gasteiger partial charge in [-0.25, -0.2) is 9.37 Å². The van der Waals surface area contributed by atoms with Gasteiger partial charge in [0, 0.05) is 29.1 Å². The van der Waals surface area contributed by atoms with Gasteiger partial charge in [-0.2, -0.15) is 5.10 Å². The van der Waals surface area contributed by atoms with Crippen LogP contribution in [0.5, 0.6) is 0 Å². The molecule has 0 N–H and O–H groups in total. The van der Waals surface area contributed by atoms with Crippen LogP contribution in [0.4, 0.5) is 4.39 Å². The van der Waals surface area contributed by atoms with Crippen molar-refractivity contribution in [1.82, 2.24) is 19.2 Å². The third-order valence-corrected chi connectivity index (χ3v) is 8.32. The highest BCUT2D eigenvalue weighted by Crippen LogP contribution is 2.43. The molecule has 3 aromatic heterocycles. The first-order valence-corrected chi connectivity index (χ1v) is 14.4. The number of rotatable bonds is 6. The van der Waals surface area contributed by atoms with E-state index in [1.165, 1.54) is 12.1 Å². The summed E-state index contributed by atoms with van der Waals surface area (Å²) in [5.74, 6) is -0.281. The van der Waals surface area contributed by atoms with Gasteiger partial charge in [0.1, 0.15) is 26.4 Å².